The molecule has 0 bridgehead atoms. The summed E-state index contributed by atoms with van der Waals surface area (Å²) >= 11 is 0. The first kappa shape index (κ1) is 16.2. The molecule has 3 heterocycles. The largest absolute Gasteiger partial charge is 0.493 e. The third kappa shape index (κ3) is 3.03. The van der Waals surface area contributed by atoms with Crippen molar-refractivity contribution < 1.29 is 23.5 Å². The highest BCUT2D eigenvalue weighted by molar-refractivity contribution is 5.61. The molecular weight excluding hydrogens is 326 g/mol. The smallest absolute Gasteiger partial charge is 0.324 e. The van der Waals surface area contributed by atoms with Crippen LogP contribution in [0.4, 0.5) is 6.01 Å². The maximum absolute atomic E-state index is 5.75. The van der Waals surface area contributed by atoms with Crippen molar-refractivity contribution in [3.8, 4) is 22.9 Å². The standard InChI is InChI=1S/C17H21N3O5/c1-21-13-4-3-12(11-14(13)22-2)15-18-16(25-19-15)20-7-5-17(6-8-20)23-9-10-24-17/h3-4,11H,5-10H2,1-2H3. The zero-order chi connectivity index (χ0) is 17.3. The average Bonchev–Trinajstić information content (AvgIpc) is 3.32. The lowest BCUT2D eigenvalue weighted by Gasteiger charge is -2.36. The van der Waals surface area contributed by atoms with Gasteiger partial charge in [-0.15, -0.1) is 0 Å². The molecule has 2 aromatic rings. The van der Waals surface area contributed by atoms with Gasteiger partial charge in [0.2, 0.25) is 5.82 Å². The molecule has 2 saturated heterocycles. The molecule has 2 aliphatic heterocycles. The Morgan fingerprint density at radius 3 is 2.44 bits per heavy atom. The number of hydrogen-bond acceptors (Lipinski definition) is 8. The van der Waals surface area contributed by atoms with E-state index in [-0.39, 0.29) is 0 Å². The van der Waals surface area contributed by atoms with E-state index in [4.69, 9.17) is 23.5 Å². The van der Waals surface area contributed by atoms with Gasteiger partial charge in [0.15, 0.2) is 17.3 Å². The van der Waals surface area contributed by atoms with Crippen molar-refractivity contribution in [2.45, 2.75) is 18.6 Å². The van der Waals surface area contributed by atoms with E-state index in [2.05, 4.69) is 15.0 Å². The maximum Gasteiger partial charge on any atom is 0.324 e. The summed E-state index contributed by atoms with van der Waals surface area (Å²) in [6, 6.07) is 6.04. The van der Waals surface area contributed by atoms with Crippen molar-refractivity contribution in [2.75, 3.05) is 45.4 Å². The van der Waals surface area contributed by atoms with Gasteiger partial charge in [-0.05, 0) is 18.2 Å². The number of benzene rings is 1. The van der Waals surface area contributed by atoms with Crippen molar-refractivity contribution in [3.63, 3.8) is 0 Å². The summed E-state index contributed by atoms with van der Waals surface area (Å²) in [5.74, 6) is 1.39. The van der Waals surface area contributed by atoms with Crippen molar-refractivity contribution >= 4 is 6.01 Å². The number of nitrogens with zero attached hydrogens (tertiary/aromatic N) is 3. The fourth-order valence-corrected chi connectivity index (χ4v) is 3.26. The Morgan fingerprint density at radius 1 is 1.04 bits per heavy atom. The van der Waals surface area contributed by atoms with Gasteiger partial charge in [-0.3, -0.25) is 0 Å². The third-order valence-corrected chi connectivity index (χ3v) is 4.67. The molecule has 0 atom stereocenters. The second-order valence-electron chi connectivity index (χ2n) is 6.06. The quantitative estimate of drug-likeness (QED) is 0.832. The number of ether oxygens (including phenoxy) is 4. The Kier molecular flexibility index (Phi) is 4.22. The number of rotatable bonds is 4. The molecule has 134 valence electrons. The van der Waals surface area contributed by atoms with E-state index in [0.717, 1.165) is 31.5 Å². The van der Waals surface area contributed by atoms with Crippen LogP contribution in [-0.4, -0.2) is 56.5 Å². The van der Waals surface area contributed by atoms with Crippen LogP contribution in [-0.2, 0) is 9.47 Å². The molecule has 8 nitrogen and oxygen atoms in total. The Morgan fingerprint density at radius 2 is 1.76 bits per heavy atom. The van der Waals surface area contributed by atoms with Crippen LogP contribution in [0.2, 0.25) is 0 Å². The second kappa shape index (κ2) is 6.53. The molecule has 0 aliphatic carbocycles. The fraction of sp³-hybridized carbons (Fsp3) is 0.529. The molecule has 2 fully saturated rings. The number of methoxy groups -OCH3 is 2. The Bertz CT molecular complexity index is 732. The van der Waals surface area contributed by atoms with Crippen LogP contribution in [0.1, 0.15) is 12.8 Å². The minimum absolute atomic E-state index is 0.414. The number of hydrogen-bond donors (Lipinski definition) is 0. The minimum Gasteiger partial charge on any atom is -0.493 e. The van der Waals surface area contributed by atoms with Crippen LogP contribution in [0.5, 0.6) is 11.5 Å². The third-order valence-electron chi connectivity index (χ3n) is 4.67. The first-order valence-corrected chi connectivity index (χ1v) is 8.32. The van der Waals surface area contributed by atoms with Gasteiger partial charge in [0, 0.05) is 31.5 Å². The summed E-state index contributed by atoms with van der Waals surface area (Å²) in [7, 11) is 3.20. The molecule has 8 heteroatoms. The number of piperidine rings is 1. The Labute approximate surface area is 145 Å². The molecular formula is C17H21N3O5. The van der Waals surface area contributed by atoms with Gasteiger partial charge in [-0.2, -0.15) is 4.98 Å². The molecule has 0 amide bonds. The molecule has 0 radical (unpaired) electrons. The average molecular weight is 347 g/mol. The summed E-state index contributed by atoms with van der Waals surface area (Å²) in [6.45, 7) is 2.86. The highest BCUT2D eigenvalue weighted by Gasteiger charge is 2.40. The lowest BCUT2D eigenvalue weighted by atomic mass is 10.0. The lowest BCUT2D eigenvalue weighted by Crippen LogP contribution is -2.45. The van der Waals surface area contributed by atoms with E-state index in [0.29, 0.717) is 36.6 Å². The van der Waals surface area contributed by atoms with E-state index in [1.807, 2.05) is 18.2 Å². The highest BCUT2D eigenvalue weighted by atomic mass is 16.7. The molecule has 25 heavy (non-hydrogen) atoms. The Balaban J connectivity index is 1.49. The molecule has 0 saturated carbocycles. The van der Waals surface area contributed by atoms with Gasteiger partial charge in [0.25, 0.3) is 0 Å². The fourth-order valence-electron chi connectivity index (χ4n) is 3.26. The van der Waals surface area contributed by atoms with Crippen molar-refractivity contribution in [1.82, 2.24) is 10.1 Å². The van der Waals surface area contributed by atoms with Crippen molar-refractivity contribution in [1.29, 1.82) is 0 Å². The number of aromatic nitrogens is 2. The predicted octanol–water partition coefficient (Wildman–Crippen LogP) is 2.10. The maximum atomic E-state index is 5.75. The van der Waals surface area contributed by atoms with Gasteiger partial charge in [-0.25, -0.2) is 0 Å². The van der Waals surface area contributed by atoms with E-state index >= 15 is 0 Å². The topological polar surface area (TPSA) is 79.1 Å². The number of anilines is 1. The highest BCUT2D eigenvalue weighted by Crippen LogP contribution is 2.34. The molecule has 2 aliphatic rings. The van der Waals surface area contributed by atoms with Gasteiger partial charge < -0.3 is 28.4 Å². The van der Waals surface area contributed by atoms with Crippen LogP contribution in [0.15, 0.2) is 22.7 Å². The van der Waals surface area contributed by atoms with Gasteiger partial charge in [0.05, 0.1) is 27.4 Å². The second-order valence-corrected chi connectivity index (χ2v) is 6.06. The van der Waals surface area contributed by atoms with E-state index in [9.17, 15) is 0 Å². The van der Waals surface area contributed by atoms with Gasteiger partial charge in [-0.1, -0.05) is 5.16 Å². The normalized spacial score (nSPS) is 19.4. The predicted molar refractivity (Wildman–Crippen MR) is 88.9 cm³/mol. The van der Waals surface area contributed by atoms with Gasteiger partial charge >= 0.3 is 6.01 Å². The molecule has 1 aromatic carbocycles. The van der Waals surface area contributed by atoms with Crippen molar-refractivity contribution in [2.24, 2.45) is 0 Å². The van der Waals surface area contributed by atoms with Crippen LogP contribution in [0.3, 0.4) is 0 Å². The zero-order valence-electron chi connectivity index (χ0n) is 14.4. The minimum atomic E-state index is -0.414. The first-order valence-electron chi connectivity index (χ1n) is 8.32. The van der Waals surface area contributed by atoms with E-state index < -0.39 is 5.79 Å². The molecule has 1 aromatic heterocycles. The monoisotopic (exact) mass is 347 g/mol. The summed E-state index contributed by atoms with van der Waals surface area (Å²) in [5.41, 5.74) is 0.809. The molecule has 1 spiro atoms. The molecule has 4 rings (SSSR count). The molecule has 0 N–H and O–H groups in total. The van der Waals surface area contributed by atoms with E-state index in [1.54, 1.807) is 14.2 Å². The van der Waals surface area contributed by atoms with Gasteiger partial charge in [0.1, 0.15) is 0 Å². The van der Waals surface area contributed by atoms with Crippen LogP contribution in [0.25, 0.3) is 11.4 Å². The summed E-state index contributed by atoms with van der Waals surface area (Å²) in [5, 5.41) is 4.09. The van der Waals surface area contributed by atoms with E-state index in [1.165, 1.54) is 0 Å². The molecule has 0 unspecified atom stereocenters. The van der Waals surface area contributed by atoms with Crippen LogP contribution >= 0.6 is 0 Å². The summed E-state index contributed by atoms with van der Waals surface area (Å²) in [6.07, 6.45) is 1.59. The SMILES string of the molecule is COc1ccc(-c2noc(N3CCC4(CC3)OCCO4)n2)cc1OC. The van der Waals surface area contributed by atoms with Crippen molar-refractivity contribution in [3.05, 3.63) is 18.2 Å². The van der Waals surface area contributed by atoms with Crippen LogP contribution in [0, 0.1) is 0 Å². The van der Waals surface area contributed by atoms with Crippen LogP contribution < -0.4 is 14.4 Å². The first-order chi connectivity index (χ1) is 12.2. The lowest BCUT2D eigenvalue weighted by molar-refractivity contribution is -0.169. The zero-order valence-corrected chi connectivity index (χ0v) is 14.4. The summed E-state index contributed by atoms with van der Waals surface area (Å²) in [4.78, 5) is 6.58. The Hall–Kier alpha value is -2.32. The summed E-state index contributed by atoms with van der Waals surface area (Å²) < 4.78 is 27.5.